The van der Waals surface area contributed by atoms with Crippen molar-refractivity contribution in [2.45, 2.75) is 5.88 Å². The third-order valence-electron chi connectivity index (χ3n) is 1.60. The van der Waals surface area contributed by atoms with Crippen LogP contribution < -0.4 is 0 Å². The van der Waals surface area contributed by atoms with Crippen LogP contribution in [0.25, 0.3) is 5.95 Å². The first-order valence-corrected chi connectivity index (χ1v) is 5.48. The molecule has 0 aliphatic rings. The number of nitrogens with zero attached hydrogens (tertiary/aromatic N) is 4. The Morgan fingerprint density at radius 3 is 2.50 bits per heavy atom. The Morgan fingerprint density at radius 1 is 1.29 bits per heavy atom. The van der Waals surface area contributed by atoms with Gasteiger partial charge in [-0.2, -0.15) is 5.10 Å². The average molecular weight is 321 g/mol. The van der Waals surface area contributed by atoms with Gasteiger partial charge in [-0.3, -0.25) is 0 Å². The summed E-state index contributed by atoms with van der Waals surface area (Å²) in [4.78, 5) is 8.27. The maximum Gasteiger partial charge on any atom is 0.250 e. The molecule has 0 aliphatic heterocycles. The molecule has 0 unspecified atom stereocenters. The zero-order valence-corrected chi connectivity index (χ0v) is 9.97. The summed E-state index contributed by atoms with van der Waals surface area (Å²) < 4.78 is 2.67. The van der Waals surface area contributed by atoms with E-state index in [2.05, 4.69) is 37.7 Å². The van der Waals surface area contributed by atoms with Gasteiger partial charge in [0, 0.05) is 24.2 Å². The summed E-state index contributed by atoms with van der Waals surface area (Å²) in [6.45, 7) is 0. The van der Waals surface area contributed by atoms with Crippen molar-refractivity contribution in [1.29, 1.82) is 0 Å². The molecule has 2 aromatic heterocycles. The minimum atomic E-state index is 0.428. The molecule has 0 bridgehead atoms. The van der Waals surface area contributed by atoms with Crippen molar-refractivity contribution in [1.82, 2.24) is 19.7 Å². The normalized spacial score (nSPS) is 10.4. The Balaban J connectivity index is 2.33. The number of alkyl halides is 1. The van der Waals surface area contributed by atoms with E-state index in [-0.39, 0.29) is 0 Å². The van der Waals surface area contributed by atoms with Crippen molar-refractivity contribution < 1.29 is 0 Å². The van der Waals surface area contributed by atoms with Gasteiger partial charge in [0.25, 0.3) is 0 Å². The maximum atomic E-state index is 5.63. The molecule has 0 aromatic carbocycles. The summed E-state index contributed by atoms with van der Waals surface area (Å²) in [5, 5.41) is 4.09. The van der Waals surface area contributed by atoms with Gasteiger partial charge in [0.05, 0.1) is 15.6 Å². The molecule has 6 heteroatoms. The minimum Gasteiger partial charge on any atom is -0.219 e. The van der Waals surface area contributed by atoms with Gasteiger partial charge in [-0.15, -0.1) is 11.6 Å². The molecule has 0 saturated carbocycles. The molecule has 0 radical (unpaired) electrons. The van der Waals surface area contributed by atoms with E-state index >= 15 is 0 Å². The summed E-state index contributed by atoms with van der Waals surface area (Å²) in [6, 6.07) is 0. The van der Waals surface area contributed by atoms with Crippen LogP contribution in [0.4, 0.5) is 0 Å². The van der Waals surface area contributed by atoms with Crippen LogP contribution >= 0.6 is 34.2 Å². The molecule has 2 heterocycles. The molecule has 72 valence electrons. The zero-order chi connectivity index (χ0) is 9.97. The van der Waals surface area contributed by atoms with Gasteiger partial charge >= 0.3 is 0 Å². The van der Waals surface area contributed by atoms with Crippen LogP contribution in [0, 0.1) is 3.57 Å². The van der Waals surface area contributed by atoms with E-state index in [1.807, 2.05) is 6.20 Å². The standard InChI is InChI=1S/C8H6ClIN4/c9-1-6-2-11-8(12-3-6)14-5-7(10)4-13-14/h2-5H,1H2. The predicted octanol–water partition coefficient (Wildman–Crippen LogP) is 2.01. The number of halogens is 2. The number of aromatic nitrogens is 4. The molecule has 0 atom stereocenters. The Kier molecular flexibility index (Phi) is 2.97. The van der Waals surface area contributed by atoms with E-state index in [0.29, 0.717) is 11.8 Å². The molecular weight excluding hydrogens is 314 g/mol. The van der Waals surface area contributed by atoms with Gasteiger partial charge in [-0.25, -0.2) is 14.6 Å². The average Bonchev–Trinajstić information content (AvgIpc) is 2.65. The molecule has 0 spiro atoms. The molecular formula is C8H6ClIN4. The molecule has 0 fully saturated rings. The molecule has 0 saturated heterocycles. The Hall–Kier alpha value is -0.690. The van der Waals surface area contributed by atoms with Crippen LogP contribution in [0.1, 0.15) is 5.56 Å². The minimum absolute atomic E-state index is 0.428. The van der Waals surface area contributed by atoms with Crippen LogP contribution in [0.5, 0.6) is 0 Å². The largest absolute Gasteiger partial charge is 0.250 e. The van der Waals surface area contributed by atoms with Crippen molar-refractivity contribution in [2.24, 2.45) is 0 Å². The summed E-state index contributed by atoms with van der Waals surface area (Å²) in [7, 11) is 0. The third-order valence-corrected chi connectivity index (χ3v) is 2.47. The Morgan fingerprint density at radius 2 is 2.00 bits per heavy atom. The lowest BCUT2D eigenvalue weighted by atomic mass is 10.4. The fourth-order valence-corrected chi connectivity index (χ4v) is 1.47. The van der Waals surface area contributed by atoms with Gasteiger partial charge in [-0.05, 0) is 22.6 Å². The fraction of sp³-hybridized carbons (Fsp3) is 0.125. The summed E-state index contributed by atoms with van der Waals surface area (Å²) >= 11 is 7.81. The topological polar surface area (TPSA) is 43.6 Å². The number of hydrogen-bond donors (Lipinski definition) is 0. The fourth-order valence-electron chi connectivity index (χ4n) is 0.945. The second-order valence-corrected chi connectivity index (χ2v) is 4.14. The summed E-state index contributed by atoms with van der Waals surface area (Å²) in [5.74, 6) is 0.985. The van der Waals surface area contributed by atoms with Crippen LogP contribution in [0.2, 0.25) is 0 Å². The van der Waals surface area contributed by atoms with Gasteiger partial charge in [0.15, 0.2) is 0 Å². The highest BCUT2D eigenvalue weighted by Gasteiger charge is 2.01. The summed E-state index contributed by atoms with van der Waals surface area (Å²) in [5.41, 5.74) is 0.900. The van der Waals surface area contributed by atoms with Crippen molar-refractivity contribution in [3.05, 3.63) is 33.9 Å². The molecule has 14 heavy (non-hydrogen) atoms. The van der Waals surface area contributed by atoms with E-state index in [4.69, 9.17) is 11.6 Å². The SMILES string of the molecule is ClCc1cnc(-n2cc(I)cn2)nc1. The van der Waals surface area contributed by atoms with E-state index in [1.165, 1.54) is 0 Å². The van der Waals surface area contributed by atoms with Crippen LogP contribution in [0.3, 0.4) is 0 Å². The third kappa shape index (κ3) is 2.03. The van der Waals surface area contributed by atoms with Crippen molar-refractivity contribution in [3.8, 4) is 5.95 Å². The lowest BCUT2D eigenvalue weighted by Crippen LogP contribution is -2.01. The smallest absolute Gasteiger partial charge is 0.219 e. The molecule has 0 amide bonds. The van der Waals surface area contributed by atoms with E-state index in [1.54, 1.807) is 23.3 Å². The first-order valence-electron chi connectivity index (χ1n) is 3.87. The van der Waals surface area contributed by atoms with E-state index in [0.717, 1.165) is 9.13 Å². The maximum absolute atomic E-state index is 5.63. The molecule has 2 rings (SSSR count). The van der Waals surface area contributed by atoms with Crippen molar-refractivity contribution in [3.63, 3.8) is 0 Å². The molecule has 0 aliphatic carbocycles. The van der Waals surface area contributed by atoms with Gasteiger partial charge in [0.1, 0.15) is 0 Å². The highest BCUT2D eigenvalue weighted by atomic mass is 127. The monoisotopic (exact) mass is 320 g/mol. The summed E-state index contributed by atoms with van der Waals surface area (Å²) in [6.07, 6.45) is 7.00. The van der Waals surface area contributed by atoms with Crippen molar-refractivity contribution >= 4 is 34.2 Å². The van der Waals surface area contributed by atoms with Gasteiger partial charge < -0.3 is 0 Å². The first kappa shape index (κ1) is 9.85. The molecule has 4 nitrogen and oxygen atoms in total. The van der Waals surface area contributed by atoms with Crippen molar-refractivity contribution in [2.75, 3.05) is 0 Å². The lowest BCUT2D eigenvalue weighted by molar-refractivity contribution is 0.804. The Labute approximate surface area is 99.5 Å². The van der Waals surface area contributed by atoms with Crippen LogP contribution in [0.15, 0.2) is 24.8 Å². The number of hydrogen-bond acceptors (Lipinski definition) is 3. The van der Waals surface area contributed by atoms with E-state index in [9.17, 15) is 0 Å². The molecule has 2 aromatic rings. The first-order chi connectivity index (χ1) is 6.79. The quantitative estimate of drug-likeness (QED) is 0.628. The number of rotatable bonds is 2. The van der Waals surface area contributed by atoms with Gasteiger partial charge in [0.2, 0.25) is 5.95 Å². The van der Waals surface area contributed by atoms with Crippen LogP contribution in [-0.4, -0.2) is 19.7 Å². The zero-order valence-electron chi connectivity index (χ0n) is 7.06. The predicted molar refractivity (Wildman–Crippen MR) is 61.4 cm³/mol. The second kappa shape index (κ2) is 4.22. The van der Waals surface area contributed by atoms with E-state index < -0.39 is 0 Å². The highest BCUT2D eigenvalue weighted by Crippen LogP contribution is 2.06. The van der Waals surface area contributed by atoms with Crippen LogP contribution in [-0.2, 0) is 5.88 Å². The van der Waals surface area contributed by atoms with Gasteiger partial charge in [-0.1, -0.05) is 0 Å². The highest BCUT2D eigenvalue weighted by molar-refractivity contribution is 14.1. The second-order valence-electron chi connectivity index (χ2n) is 2.63. The Bertz CT molecular complexity index is 425. The molecule has 0 N–H and O–H groups in total. The lowest BCUT2D eigenvalue weighted by Gasteiger charge is -1.98.